The van der Waals surface area contributed by atoms with Crippen molar-refractivity contribution in [1.82, 2.24) is 9.88 Å². The monoisotopic (exact) mass is 391 g/mol. The van der Waals surface area contributed by atoms with E-state index < -0.39 is 0 Å². The third kappa shape index (κ3) is 4.37. The number of hydrogen-bond acceptors (Lipinski definition) is 4. The number of nitrogens with zero attached hydrogens (tertiary/aromatic N) is 2. The average molecular weight is 391 g/mol. The summed E-state index contributed by atoms with van der Waals surface area (Å²) in [5.74, 6) is 0.221. The summed E-state index contributed by atoms with van der Waals surface area (Å²) in [5, 5.41) is 3.72. The molecule has 6 heteroatoms. The molecule has 1 heterocycles. The summed E-state index contributed by atoms with van der Waals surface area (Å²) in [7, 11) is 3.22. The molecule has 6 nitrogen and oxygen atoms in total. The number of methoxy groups -OCH3 is 1. The Balaban J connectivity index is 1.76. The van der Waals surface area contributed by atoms with Crippen LogP contribution in [0.2, 0.25) is 0 Å². The molecule has 0 aliphatic heterocycles. The van der Waals surface area contributed by atoms with Crippen molar-refractivity contribution < 1.29 is 14.3 Å². The summed E-state index contributed by atoms with van der Waals surface area (Å²) in [6.07, 6.45) is 0. The predicted molar refractivity (Wildman–Crippen MR) is 115 cm³/mol. The fourth-order valence-electron chi connectivity index (χ4n) is 3.16. The zero-order chi connectivity index (χ0) is 21.1. The van der Waals surface area contributed by atoms with Crippen LogP contribution >= 0.6 is 0 Å². The minimum atomic E-state index is -0.246. The number of amides is 2. The molecule has 1 N–H and O–H groups in total. The lowest BCUT2D eigenvalue weighted by Crippen LogP contribution is -2.35. The van der Waals surface area contributed by atoms with E-state index in [1.807, 2.05) is 50.2 Å². The molecule has 2 aromatic carbocycles. The van der Waals surface area contributed by atoms with Crippen LogP contribution < -0.4 is 10.1 Å². The number of ether oxygens (including phenoxy) is 1. The highest BCUT2D eigenvalue weighted by Crippen LogP contribution is 2.22. The van der Waals surface area contributed by atoms with Crippen molar-refractivity contribution in [2.24, 2.45) is 0 Å². The standard InChI is InChI=1S/C23H25N3O3/c1-14-7-6-8-20(15(14)2)25-22(27)13-26(4)23(28)19-11-17-9-10-18(29-5)12-21(17)24-16(19)3/h6-12H,13H2,1-5H3,(H,25,27). The van der Waals surface area contributed by atoms with E-state index in [-0.39, 0.29) is 18.4 Å². The van der Waals surface area contributed by atoms with Gasteiger partial charge in [0, 0.05) is 24.2 Å². The molecule has 150 valence electrons. The number of carbonyl (C=O) groups is 2. The van der Waals surface area contributed by atoms with Gasteiger partial charge in [-0.1, -0.05) is 12.1 Å². The number of carbonyl (C=O) groups excluding carboxylic acids is 2. The van der Waals surface area contributed by atoms with Crippen LogP contribution in [0.5, 0.6) is 5.75 Å². The lowest BCUT2D eigenvalue weighted by atomic mass is 10.1. The molecular weight excluding hydrogens is 366 g/mol. The third-order valence-electron chi connectivity index (χ3n) is 5.05. The largest absolute Gasteiger partial charge is 0.497 e. The molecule has 0 bridgehead atoms. The summed E-state index contributed by atoms with van der Waals surface area (Å²) < 4.78 is 5.23. The summed E-state index contributed by atoms with van der Waals surface area (Å²) >= 11 is 0. The lowest BCUT2D eigenvalue weighted by Gasteiger charge is -2.19. The first kappa shape index (κ1) is 20.3. The Morgan fingerprint density at radius 2 is 1.86 bits per heavy atom. The van der Waals surface area contributed by atoms with Crippen molar-refractivity contribution in [2.75, 3.05) is 26.0 Å². The van der Waals surface area contributed by atoms with Crippen molar-refractivity contribution in [3.8, 4) is 5.75 Å². The van der Waals surface area contributed by atoms with Gasteiger partial charge in [-0.2, -0.15) is 0 Å². The second-order valence-electron chi connectivity index (χ2n) is 7.14. The van der Waals surface area contributed by atoms with Crippen LogP contribution in [0.15, 0.2) is 42.5 Å². The highest BCUT2D eigenvalue weighted by atomic mass is 16.5. The van der Waals surface area contributed by atoms with Gasteiger partial charge in [-0.15, -0.1) is 0 Å². The Morgan fingerprint density at radius 1 is 1.10 bits per heavy atom. The molecule has 0 aliphatic rings. The molecule has 0 unspecified atom stereocenters. The zero-order valence-electron chi connectivity index (χ0n) is 17.4. The Kier molecular flexibility index (Phi) is 5.82. The van der Waals surface area contributed by atoms with E-state index >= 15 is 0 Å². The minimum Gasteiger partial charge on any atom is -0.497 e. The fraction of sp³-hybridized carbons (Fsp3) is 0.261. The molecule has 0 aliphatic carbocycles. The van der Waals surface area contributed by atoms with Crippen LogP contribution in [-0.4, -0.2) is 42.4 Å². The summed E-state index contributed by atoms with van der Waals surface area (Å²) in [4.78, 5) is 31.3. The number of anilines is 1. The number of fused-ring (bicyclic) bond motifs is 1. The molecule has 0 fully saturated rings. The second kappa shape index (κ2) is 8.31. The first-order chi connectivity index (χ1) is 13.8. The maximum absolute atomic E-state index is 12.9. The molecule has 3 rings (SSSR count). The van der Waals surface area contributed by atoms with Crippen LogP contribution in [0.3, 0.4) is 0 Å². The number of pyridine rings is 1. The zero-order valence-corrected chi connectivity index (χ0v) is 17.4. The Labute approximate surface area is 170 Å². The Hall–Kier alpha value is -3.41. The van der Waals surface area contributed by atoms with E-state index in [2.05, 4.69) is 10.3 Å². The highest BCUT2D eigenvalue weighted by Gasteiger charge is 2.19. The predicted octanol–water partition coefficient (Wildman–Crippen LogP) is 3.88. The van der Waals surface area contributed by atoms with E-state index in [9.17, 15) is 9.59 Å². The minimum absolute atomic E-state index is 0.0493. The van der Waals surface area contributed by atoms with Crippen molar-refractivity contribution in [2.45, 2.75) is 20.8 Å². The number of likely N-dealkylation sites (N-methyl/N-ethyl adjacent to an activating group) is 1. The third-order valence-corrected chi connectivity index (χ3v) is 5.05. The van der Waals surface area contributed by atoms with Crippen LogP contribution in [0, 0.1) is 20.8 Å². The smallest absolute Gasteiger partial charge is 0.255 e. The normalized spacial score (nSPS) is 10.7. The van der Waals surface area contributed by atoms with Crippen LogP contribution in [0.4, 0.5) is 5.69 Å². The first-order valence-corrected chi connectivity index (χ1v) is 9.37. The van der Waals surface area contributed by atoms with Gasteiger partial charge < -0.3 is 15.0 Å². The van der Waals surface area contributed by atoms with E-state index in [0.29, 0.717) is 17.0 Å². The molecule has 1 aromatic heterocycles. The molecular formula is C23H25N3O3. The molecule has 3 aromatic rings. The summed E-state index contributed by atoms with van der Waals surface area (Å²) in [6, 6.07) is 13.1. The quantitative estimate of drug-likeness (QED) is 0.716. The lowest BCUT2D eigenvalue weighted by molar-refractivity contribution is -0.116. The van der Waals surface area contributed by atoms with Crippen LogP contribution in [0.1, 0.15) is 27.2 Å². The molecule has 2 amide bonds. The van der Waals surface area contributed by atoms with Gasteiger partial charge in [-0.05, 0) is 56.2 Å². The van der Waals surface area contributed by atoms with Crippen LogP contribution in [0.25, 0.3) is 10.9 Å². The molecule has 29 heavy (non-hydrogen) atoms. The Bertz CT molecular complexity index is 1090. The van der Waals surface area contributed by atoms with Gasteiger partial charge in [-0.3, -0.25) is 14.6 Å². The second-order valence-corrected chi connectivity index (χ2v) is 7.14. The van der Waals surface area contributed by atoms with Crippen molar-refractivity contribution in [1.29, 1.82) is 0 Å². The van der Waals surface area contributed by atoms with E-state index in [0.717, 1.165) is 27.7 Å². The van der Waals surface area contributed by atoms with Crippen molar-refractivity contribution in [3.05, 3.63) is 64.8 Å². The number of aromatic nitrogens is 1. The van der Waals surface area contributed by atoms with E-state index in [1.54, 1.807) is 27.1 Å². The SMILES string of the molecule is COc1ccc2cc(C(=O)N(C)CC(=O)Nc3cccc(C)c3C)c(C)nc2c1. The van der Waals surface area contributed by atoms with Gasteiger partial charge in [0.2, 0.25) is 5.91 Å². The molecule has 0 saturated heterocycles. The molecule has 0 radical (unpaired) electrons. The maximum Gasteiger partial charge on any atom is 0.255 e. The van der Waals surface area contributed by atoms with Crippen molar-refractivity contribution >= 4 is 28.4 Å². The maximum atomic E-state index is 12.9. The van der Waals surface area contributed by atoms with Crippen molar-refractivity contribution in [3.63, 3.8) is 0 Å². The van der Waals surface area contributed by atoms with Gasteiger partial charge in [0.25, 0.3) is 5.91 Å². The number of aryl methyl sites for hydroxylation is 2. The number of nitrogens with one attached hydrogen (secondary N) is 1. The molecule has 0 spiro atoms. The number of hydrogen-bond donors (Lipinski definition) is 1. The topological polar surface area (TPSA) is 71.5 Å². The van der Waals surface area contributed by atoms with Gasteiger partial charge in [0.15, 0.2) is 0 Å². The summed E-state index contributed by atoms with van der Waals surface area (Å²) in [5.41, 5.74) is 4.71. The average Bonchev–Trinajstić information content (AvgIpc) is 2.69. The highest BCUT2D eigenvalue weighted by molar-refractivity contribution is 6.02. The summed E-state index contributed by atoms with van der Waals surface area (Å²) in [6.45, 7) is 5.69. The molecule has 0 saturated carbocycles. The van der Waals surface area contributed by atoms with E-state index in [1.165, 1.54) is 4.90 Å². The van der Waals surface area contributed by atoms with E-state index in [4.69, 9.17) is 4.74 Å². The Morgan fingerprint density at radius 3 is 2.59 bits per heavy atom. The first-order valence-electron chi connectivity index (χ1n) is 9.37. The van der Waals surface area contributed by atoms with Gasteiger partial charge in [0.1, 0.15) is 5.75 Å². The van der Waals surface area contributed by atoms with Gasteiger partial charge in [0.05, 0.1) is 30.4 Å². The van der Waals surface area contributed by atoms with Crippen LogP contribution in [-0.2, 0) is 4.79 Å². The van der Waals surface area contributed by atoms with Gasteiger partial charge >= 0.3 is 0 Å². The number of benzene rings is 2. The number of rotatable bonds is 5. The molecule has 0 atom stereocenters. The van der Waals surface area contributed by atoms with Gasteiger partial charge in [-0.25, -0.2) is 0 Å². The fourth-order valence-corrected chi connectivity index (χ4v) is 3.16.